The average Bonchev–Trinajstić information content (AvgIpc) is 2.66. The molecule has 0 aliphatic carbocycles. The van der Waals surface area contributed by atoms with Crippen molar-refractivity contribution in [3.8, 4) is 23.0 Å². The summed E-state index contributed by atoms with van der Waals surface area (Å²) < 4.78 is 0. The van der Waals surface area contributed by atoms with Gasteiger partial charge < -0.3 is 20.4 Å². The van der Waals surface area contributed by atoms with Crippen LogP contribution < -0.4 is 0 Å². The second-order valence-electron chi connectivity index (χ2n) is 17.6. The van der Waals surface area contributed by atoms with Gasteiger partial charge in [-0.1, -0.05) is 6.07 Å². The molecule has 8 aromatic rings. The Balaban J connectivity index is 1.24. The highest BCUT2D eigenvalue weighted by Crippen LogP contribution is 2.41. The van der Waals surface area contributed by atoms with E-state index >= 15 is 0 Å². The van der Waals surface area contributed by atoms with Gasteiger partial charge in [0.2, 0.25) is 0 Å². The summed E-state index contributed by atoms with van der Waals surface area (Å²) in [7, 11) is 0. The molecule has 4 N–H and O–H groups in total. The van der Waals surface area contributed by atoms with Crippen LogP contribution in [0, 0.1) is 70.8 Å². The molecule has 0 unspecified atom stereocenters. The van der Waals surface area contributed by atoms with Crippen LogP contribution in [0.4, 0.5) is 85.3 Å². The number of phenols is 4. The summed E-state index contributed by atoms with van der Waals surface area (Å²) in [5, 5.41) is 160. The molecule has 420 valence electrons. The van der Waals surface area contributed by atoms with Crippen molar-refractivity contribution >= 4 is 85.3 Å². The van der Waals surface area contributed by atoms with E-state index in [1.807, 2.05) is 0 Å². The molecule has 8 aromatic carbocycles. The Kier molecular flexibility index (Phi) is 16.7. The van der Waals surface area contributed by atoms with Crippen molar-refractivity contribution in [2.75, 3.05) is 0 Å². The second-order valence-corrected chi connectivity index (χ2v) is 17.6. The standard InChI is InChI=1S/C51H33N15O18/c67-48-6-4-34(53-52-33-2-1-3-41(17-33)60(71)72)11-27(48)8-29-13-36(55-58-39-20-44(63(77)78)25-45(21-39)64(79)80)15-31(50(29)69)10-32-16-37(56-59-40-22-46(65(81)82)26-47(23-40)66(83)84)14-30(51(32)70)9-28-12-35(5-7-49(28)68)54-57-38-18-42(61(73)74)24-43(19-38)62(75)76/h1-7,11-26,67-70H,8-10H2. The fourth-order valence-electron chi connectivity index (χ4n) is 7.98. The molecule has 0 atom stereocenters. The molecular formula is C51H33N15O18. The van der Waals surface area contributed by atoms with Crippen LogP contribution in [0.5, 0.6) is 23.0 Å². The SMILES string of the molecule is O=[N+]([O-])c1cccc(N=Nc2ccc(O)c(Cc3cc(N=Nc4cc([N+](=O)[O-])cc([N+](=O)[O-])c4)cc(Cc4cc(N=Nc5cc([N+](=O)[O-])cc([N+](=O)[O-])c5)cc(Cc5cc(N=Nc6cc([N+](=O)[O-])cc([N+](=O)[O-])c6)ccc5O)c4O)c3O)c2)c1. The minimum absolute atomic E-state index is 0.00650. The number of hydrogen-bond acceptors (Lipinski definition) is 26. The van der Waals surface area contributed by atoms with E-state index in [2.05, 4.69) is 40.9 Å². The molecule has 0 fully saturated rings. The molecule has 0 aliphatic rings. The highest BCUT2D eigenvalue weighted by molar-refractivity contribution is 5.63. The molecule has 8 rings (SSSR count). The van der Waals surface area contributed by atoms with Gasteiger partial charge in [0.25, 0.3) is 39.8 Å². The number of non-ortho nitro benzene ring substituents is 7. The Morgan fingerprint density at radius 1 is 0.262 bits per heavy atom. The third-order valence-electron chi connectivity index (χ3n) is 11.9. The topological polar surface area (TPSA) is 482 Å². The molecule has 33 heteroatoms. The van der Waals surface area contributed by atoms with Crippen molar-refractivity contribution in [2.24, 2.45) is 40.9 Å². The van der Waals surface area contributed by atoms with Crippen LogP contribution in [0.1, 0.15) is 33.4 Å². The molecule has 0 radical (unpaired) electrons. The number of phenolic OH excluding ortho intramolecular Hbond substituents is 4. The molecule has 0 saturated heterocycles. The molecule has 0 spiro atoms. The van der Waals surface area contributed by atoms with Crippen LogP contribution >= 0.6 is 0 Å². The van der Waals surface area contributed by atoms with Gasteiger partial charge in [-0.15, -0.1) is 0 Å². The lowest BCUT2D eigenvalue weighted by molar-refractivity contribution is -0.394. The van der Waals surface area contributed by atoms with Crippen molar-refractivity contribution in [3.05, 3.63) is 244 Å². The fourth-order valence-corrected chi connectivity index (χ4v) is 7.98. The fraction of sp³-hybridized carbons (Fsp3) is 0.0588. The summed E-state index contributed by atoms with van der Waals surface area (Å²) in [6, 6.07) is 25.6. The van der Waals surface area contributed by atoms with Gasteiger partial charge in [0.05, 0.1) is 98.2 Å². The van der Waals surface area contributed by atoms with Crippen molar-refractivity contribution in [2.45, 2.75) is 19.3 Å². The lowest BCUT2D eigenvalue weighted by atomic mass is 9.93. The van der Waals surface area contributed by atoms with E-state index in [-0.39, 0.29) is 102 Å². The zero-order valence-corrected chi connectivity index (χ0v) is 42.1. The Bertz CT molecular complexity index is 4110. The third-order valence-corrected chi connectivity index (χ3v) is 11.9. The first kappa shape index (κ1) is 57.3. The van der Waals surface area contributed by atoms with E-state index in [4.69, 9.17) is 0 Å². The number of hydrogen-bond donors (Lipinski definition) is 4. The Morgan fingerprint density at radius 3 is 0.774 bits per heavy atom. The maximum atomic E-state index is 12.1. The van der Waals surface area contributed by atoms with Crippen LogP contribution in [-0.2, 0) is 19.3 Å². The van der Waals surface area contributed by atoms with Crippen molar-refractivity contribution < 1.29 is 54.9 Å². The molecular weight excluding hydrogens is 1110 g/mol. The average molecular weight is 1140 g/mol. The highest BCUT2D eigenvalue weighted by atomic mass is 16.7. The molecule has 0 saturated carbocycles. The molecule has 0 aromatic heterocycles. The van der Waals surface area contributed by atoms with E-state index < -0.39 is 92.9 Å². The van der Waals surface area contributed by atoms with Gasteiger partial charge in [-0.05, 0) is 66.7 Å². The second kappa shape index (κ2) is 24.4. The summed E-state index contributed by atoms with van der Waals surface area (Å²) in [6.45, 7) is 0. The highest BCUT2D eigenvalue weighted by Gasteiger charge is 2.22. The third kappa shape index (κ3) is 14.1. The largest absolute Gasteiger partial charge is 0.508 e. The van der Waals surface area contributed by atoms with E-state index in [0.29, 0.717) is 12.1 Å². The number of nitrogens with zero attached hydrogens (tertiary/aromatic N) is 15. The Hall–Kier alpha value is -12.8. The van der Waals surface area contributed by atoms with Gasteiger partial charge in [0.1, 0.15) is 23.0 Å². The quantitative estimate of drug-likeness (QED) is 0.0295. The molecule has 84 heavy (non-hydrogen) atoms. The van der Waals surface area contributed by atoms with Crippen LogP contribution in [0.15, 0.2) is 180 Å². The molecule has 33 nitrogen and oxygen atoms in total. The summed E-state index contributed by atoms with van der Waals surface area (Å²) in [5.74, 6) is -1.72. The molecule has 0 aliphatic heterocycles. The van der Waals surface area contributed by atoms with Crippen LogP contribution in [-0.4, -0.2) is 54.9 Å². The first-order chi connectivity index (χ1) is 40.0. The van der Waals surface area contributed by atoms with Crippen LogP contribution in [0.25, 0.3) is 0 Å². The summed E-state index contributed by atoms with van der Waals surface area (Å²) in [4.78, 5) is 75.1. The summed E-state index contributed by atoms with van der Waals surface area (Å²) >= 11 is 0. The smallest absolute Gasteiger partial charge is 0.278 e. The predicted octanol–water partition coefficient (Wildman–Crippen LogP) is 14.3. The van der Waals surface area contributed by atoms with E-state index in [1.165, 1.54) is 84.9 Å². The number of nitro groups is 7. The van der Waals surface area contributed by atoms with Crippen molar-refractivity contribution in [1.29, 1.82) is 0 Å². The molecule has 0 bridgehead atoms. The first-order valence-corrected chi connectivity index (χ1v) is 23.5. The summed E-state index contributed by atoms with van der Waals surface area (Å²) in [5.41, 5.74) is -5.46. The van der Waals surface area contributed by atoms with Crippen LogP contribution in [0.3, 0.4) is 0 Å². The van der Waals surface area contributed by atoms with Crippen molar-refractivity contribution in [3.63, 3.8) is 0 Å². The number of azo groups is 4. The zero-order valence-electron chi connectivity index (χ0n) is 42.1. The zero-order chi connectivity index (χ0) is 60.5. The van der Waals surface area contributed by atoms with Gasteiger partial charge in [-0.3, -0.25) is 70.8 Å². The lowest BCUT2D eigenvalue weighted by Gasteiger charge is -2.16. The molecule has 0 heterocycles. The maximum absolute atomic E-state index is 12.1. The normalized spacial score (nSPS) is 11.4. The Morgan fingerprint density at radius 2 is 0.488 bits per heavy atom. The number of rotatable bonds is 21. The number of benzene rings is 8. The molecule has 0 amide bonds. The van der Waals surface area contributed by atoms with E-state index in [9.17, 15) is 91.2 Å². The number of nitro benzene ring substituents is 7. The maximum Gasteiger partial charge on any atom is 0.278 e. The minimum Gasteiger partial charge on any atom is -0.508 e. The summed E-state index contributed by atoms with van der Waals surface area (Å²) in [6.07, 6.45) is -1.20. The van der Waals surface area contributed by atoms with E-state index in [0.717, 1.165) is 42.5 Å². The van der Waals surface area contributed by atoms with Gasteiger partial charge in [0, 0.05) is 101 Å². The predicted molar refractivity (Wildman–Crippen MR) is 290 cm³/mol. The van der Waals surface area contributed by atoms with Gasteiger partial charge in [-0.25, -0.2) is 0 Å². The van der Waals surface area contributed by atoms with Gasteiger partial charge in [-0.2, -0.15) is 40.9 Å². The van der Waals surface area contributed by atoms with Crippen molar-refractivity contribution in [1.82, 2.24) is 0 Å². The monoisotopic (exact) mass is 1140 g/mol. The van der Waals surface area contributed by atoms with E-state index in [1.54, 1.807) is 0 Å². The minimum atomic E-state index is -0.898. The number of aromatic hydroxyl groups is 4. The Labute approximate surface area is 465 Å². The first-order valence-electron chi connectivity index (χ1n) is 23.5. The van der Waals surface area contributed by atoms with Gasteiger partial charge >= 0.3 is 0 Å². The van der Waals surface area contributed by atoms with Gasteiger partial charge in [0.15, 0.2) is 0 Å². The lowest BCUT2D eigenvalue weighted by Crippen LogP contribution is -1.98. The van der Waals surface area contributed by atoms with Crippen LogP contribution in [0.2, 0.25) is 0 Å².